The van der Waals surface area contributed by atoms with Crippen LogP contribution in [0.4, 0.5) is 17.6 Å². The first-order chi connectivity index (χ1) is 9.86. The van der Waals surface area contributed by atoms with Gasteiger partial charge in [-0.05, 0) is 30.2 Å². The van der Waals surface area contributed by atoms with Gasteiger partial charge in [0, 0.05) is 12.3 Å². The quantitative estimate of drug-likeness (QED) is 0.633. The van der Waals surface area contributed by atoms with Crippen molar-refractivity contribution in [1.29, 1.82) is 0 Å². The summed E-state index contributed by atoms with van der Waals surface area (Å²) in [6, 6.07) is 4.28. The number of aromatic nitrogens is 1. The molecule has 2 aromatic rings. The summed E-state index contributed by atoms with van der Waals surface area (Å²) in [5.41, 5.74) is -0.911. The first-order valence-electron chi connectivity index (χ1n) is 6.19. The van der Waals surface area contributed by atoms with E-state index in [0.717, 1.165) is 17.7 Å². The predicted octanol–water partition coefficient (Wildman–Crippen LogP) is 3.90. The normalized spacial score (nSPS) is 11.5. The van der Waals surface area contributed by atoms with Crippen molar-refractivity contribution in [2.24, 2.45) is 0 Å². The number of Topliss-reactive ketones (excluding diaryl/α,β-unsaturated/α-hetero) is 1. The fraction of sp³-hybridized carbons (Fsp3) is 0.200. The van der Waals surface area contributed by atoms with Gasteiger partial charge in [0.25, 0.3) is 0 Å². The van der Waals surface area contributed by atoms with Gasteiger partial charge in [-0.15, -0.1) is 0 Å². The van der Waals surface area contributed by atoms with Crippen LogP contribution in [-0.4, -0.2) is 10.8 Å². The van der Waals surface area contributed by atoms with E-state index in [1.54, 1.807) is 0 Å². The highest BCUT2D eigenvalue weighted by atomic mass is 19.3. The van der Waals surface area contributed by atoms with Crippen LogP contribution in [0.25, 0.3) is 0 Å². The van der Waals surface area contributed by atoms with E-state index in [1.807, 2.05) is 6.92 Å². The molecule has 0 atom stereocenters. The minimum absolute atomic E-state index is 0.386. The van der Waals surface area contributed by atoms with Crippen LogP contribution in [0.3, 0.4) is 0 Å². The fourth-order valence-electron chi connectivity index (χ4n) is 1.78. The van der Waals surface area contributed by atoms with Crippen LogP contribution in [0.1, 0.15) is 28.5 Å². The van der Waals surface area contributed by atoms with Crippen molar-refractivity contribution in [2.75, 3.05) is 0 Å². The number of carbonyl (C=O) groups excluding carboxylic acids is 1. The number of rotatable bonds is 4. The van der Waals surface area contributed by atoms with E-state index in [2.05, 4.69) is 4.98 Å². The molecular formula is C15H11F4NO. The third-order valence-electron chi connectivity index (χ3n) is 3.02. The Hall–Kier alpha value is -2.24. The molecule has 0 unspecified atom stereocenters. The Morgan fingerprint density at radius 3 is 2.43 bits per heavy atom. The number of pyridine rings is 1. The molecule has 6 heteroatoms. The molecule has 0 aliphatic heterocycles. The number of ketones is 1. The third kappa shape index (κ3) is 2.94. The zero-order valence-electron chi connectivity index (χ0n) is 11.0. The van der Waals surface area contributed by atoms with Crippen molar-refractivity contribution in [3.8, 4) is 0 Å². The highest BCUT2D eigenvalue weighted by Crippen LogP contribution is 2.31. The van der Waals surface area contributed by atoms with Crippen molar-refractivity contribution in [3.63, 3.8) is 0 Å². The molecule has 0 amide bonds. The Balaban J connectivity index is 2.39. The molecule has 0 saturated heterocycles. The maximum Gasteiger partial charge on any atom is 0.351 e. The summed E-state index contributed by atoms with van der Waals surface area (Å²) >= 11 is 0. The molecule has 2 nitrogen and oxygen atoms in total. The van der Waals surface area contributed by atoms with Gasteiger partial charge in [-0.2, -0.15) is 8.78 Å². The van der Waals surface area contributed by atoms with E-state index in [1.165, 1.54) is 12.3 Å². The number of benzene rings is 1. The lowest BCUT2D eigenvalue weighted by atomic mass is 10.0. The van der Waals surface area contributed by atoms with Crippen molar-refractivity contribution in [1.82, 2.24) is 4.98 Å². The van der Waals surface area contributed by atoms with Gasteiger partial charge in [-0.3, -0.25) is 9.78 Å². The summed E-state index contributed by atoms with van der Waals surface area (Å²) < 4.78 is 54.4. The largest absolute Gasteiger partial charge is 0.351 e. The van der Waals surface area contributed by atoms with Crippen LogP contribution in [0, 0.1) is 11.6 Å². The maximum absolute atomic E-state index is 14.1. The fourth-order valence-corrected chi connectivity index (χ4v) is 1.78. The number of nitrogens with zero attached hydrogens (tertiary/aromatic N) is 1. The van der Waals surface area contributed by atoms with Gasteiger partial charge in [0.15, 0.2) is 0 Å². The van der Waals surface area contributed by atoms with Crippen molar-refractivity contribution in [2.45, 2.75) is 19.3 Å². The smallest absolute Gasteiger partial charge is 0.287 e. The van der Waals surface area contributed by atoms with Crippen LogP contribution in [0.15, 0.2) is 36.5 Å². The summed E-state index contributed by atoms with van der Waals surface area (Å²) in [4.78, 5) is 15.3. The minimum atomic E-state index is -3.98. The third-order valence-corrected chi connectivity index (χ3v) is 3.02. The van der Waals surface area contributed by atoms with Crippen molar-refractivity contribution in [3.05, 3.63) is 65.0 Å². The molecule has 2 rings (SSSR count). The Bertz CT molecular complexity index is 668. The zero-order chi connectivity index (χ0) is 15.6. The molecule has 0 aliphatic rings. The molecule has 110 valence electrons. The van der Waals surface area contributed by atoms with E-state index < -0.39 is 34.6 Å². The van der Waals surface area contributed by atoms with Crippen LogP contribution in [-0.2, 0) is 12.3 Å². The highest BCUT2D eigenvalue weighted by molar-refractivity contribution is 6.01. The molecule has 0 spiro atoms. The first kappa shape index (κ1) is 15.2. The number of aryl methyl sites for hydroxylation is 1. The lowest BCUT2D eigenvalue weighted by molar-refractivity contribution is 0.00424. The van der Waals surface area contributed by atoms with E-state index >= 15 is 0 Å². The van der Waals surface area contributed by atoms with Crippen molar-refractivity contribution >= 4 is 5.78 Å². The van der Waals surface area contributed by atoms with E-state index in [9.17, 15) is 22.4 Å². The second kappa shape index (κ2) is 5.63. The van der Waals surface area contributed by atoms with Gasteiger partial charge in [0.1, 0.15) is 17.3 Å². The standard InChI is InChI=1S/C15H11F4NO/c1-2-9-3-6-13(20-8-9)15(18,19)14(21)11-5-4-10(16)7-12(11)17/h3-8H,2H2,1H3. The van der Waals surface area contributed by atoms with Crippen LogP contribution in [0.5, 0.6) is 0 Å². The van der Waals surface area contributed by atoms with E-state index in [-0.39, 0.29) is 0 Å². The molecule has 21 heavy (non-hydrogen) atoms. The Morgan fingerprint density at radius 2 is 1.90 bits per heavy atom. The monoisotopic (exact) mass is 297 g/mol. The number of halogens is 4. The highest BCUT2D eigenvalue weighted by Gasteiger charge is 2.43. The van der Waals surface area contributed by atoms with E-state index in [0.29, 0.717) is 18.6 Å². The average molecular weight is 297 g/mol. The van der Waals surface area contributed by atoms with Gasteiger partial charge in [-0.1, -0.05) is 13.0 Å². The Morgan fingerprint density at radius 1 is 1.19 bits per heavy atom. The van der Waals surface area contributed by atoms with Crippen LogP contribution < -0.4 is 0 Å². The van der Waals surface area contributed by atoms with Gasteiger partial charge >= 0.3 is 5.92 Å². The molecule has 0 radical (unpaired) electrons. The summed E-state index contributed by atoms with van der Waals surface area (Å²) in [6.45, 7) is 1.83. The predicted molar refractivity (Wildman–Crippen MR) is 68.2 cm³/mol. The second-order valence-corrected chi connectivity index (χ2v) is 4.43. The van der Waals surface area contributed by atoms with Crippen LogP contribution in [0.2, 0.25) is 0 Å². The topological polar surface area (TPSA) is 30.0 Å². The zero-order valence-corrected chi connectivity index (χ0v) is 11.0. The molecule has 0 bridgehead atoms. The summed E-state index contributed by atoms with van der Waals surface area (Å²) in [6.07, 6.45) is 1.84. The molecule has 0 saturated carbocycles. The van der Waals surface area contributed by atoms with Gasteiger partial charge in [0.05, 0.1) is 5.56 Å². The number of hydrogen-bond donors (Lipinski definition) is 0. The molecule has 0 fully saturated rings. The lowest BCUT2D eigenvalue weighted by Gasteiger charge is -2.15. The minimum Gasteiger partial charge on any atom is -0.287 e. The number of alkyl halides is 2. The lowest BCUT2D eigenvalue weighted by Crippen LogP contribution is -2.28. The first-order valence-corrected chi connectivity index (χ1v) is 6.19. The van der Waals surface area contributed by atoms with E-state index in [4.69, 9.17) is 0 Å². The molecule has 1 aromatic carbocycles. The van der Waals surface area contributed by atoms with Gasteiger partial charge in [-0.25, -0.2) is 8.78 Å². The maximum atomic E-state index is 14.1. The second-order valence-electron chi connectivity index (χ2n) is 4.43. The molecular weight excluding hydrogens is 286 g/mol. The average Bonchev–Trinajstić information content (AvgIpc) is 2.46. The summed E-state index contributed by atoms with van der Waals surface area (Å²) in [5.74, 6) is -8.01. The van der Waals surface area contributed by atoms with Crippen LogP contribution >= 0.6 is 0 Å². The van der Waals surface area contributed by atoms with Gasteiger partial charge < -0.3 is 0 Å². The molecule has 1 aromatic heterocycles. The SMILES string of the molecule is CCc1ccc(C(F)(F)C(=O)c2ccc(F)cc2F)nc1. The number of carbonyl (C=O) groups is 1. The van der Waals surface area contributed by atoms with Gasteiger partial charge in [0.2, 0.25) is 5.78 Å². The Labute approximate surface area is 118 Å². The Kier molecular flexibility index (Phi) is 4.06. The van der Waals surface area contributed by atoms with Crippen molar-refractivity contribution < 1.29 is 22.4 Å². The molecule has 0 N–H and O–H groups in total. The molecule has 1 heterocycles. The molecule has 0 aliphatic carbocycles. The summed E-state index contributed by atoms with van der Waals surface area (Å²) in [7, 11) is 0. The number of hydrogen-bond acceptors (Lipinski definition) is 2. The summed E-state index contributed by atoms with van der Waals surface area (Å²) in [5, 5.41) is 0.